The fourth-order valence-corrected chi connectivity index (χ4v) is 2.11. The third kappa shape index (κ3) is 2.20. The van der Waals surface area contributed by atoms with Crippen molar-refractivity contribution in [1.29, 1.82) is 0 Å². The van der Waals surface area contributed by atoms with Crippen LogP contribution in [-0.2, 0) is 4.79 Å². The number of likely N-dealkylation sites (tertiary alicyclic amines) is 1. The normalized spacial score (nSPS) is 26.9. The summed E-state index contributed by atoms with van der Waals surface area (Å²) in [5.41, 5.74) is 0. The first-order valence-corrected chi connectivity index (χ1v) is 5.27. The van der Waals surface area contributed by atoms with Crippen molar-refractivity contribution in [2.24, 2.45) is 5.92 Å². The van der Waals surface area contributed by atoms with Gasteiger partial charge in [0, 0.05) is 25.0 Å². The fourth-order valence-electron chi connectivity index (χ4n) is 2.11. The zero-order chi connectivity index (χ0) is 9.26. The van der Waals surface area contributed by atoms with Crippen LogP contribution in [0.2, 0.25) is 0 Å². The molecule has 1 N–H and O–H groups in total. The lowest BCUT2D eigenvalue weighted by molar-refractivity contribution is -0.137. The second-order valence-electron chi connectivity index (χ2n) is 4.19. The number of halogens is 1. The molecule has 1 heterocycles. The summed E-state index contributed by atoms with van der Waals surface area (Å²) in [6.45, 7) is 1.88. The van der Waals surface area contributed by atoms with Gasteiger partial charge in [-0.1, -0.05) is 6.42 Å². The first kappa shape index (κ1) is 11.8. The van der Waals surface area contributed by atoms with Crippen LogP contribution in [0, 0.1) is 5.92 Å². The molecule has 1 amide bonds. The van der Waals surface area contributed by atoms with E-state index in [1.165, 1.54) is 6.42 Å². The van der Waals surface area contributed by atoms with Crippen molar-refractivity contribution >= 4 is 18.3 Å². The van der Waals surface area contributed by atoms with Crippen LogP contribution in [0.1, 0.15) is 25.7 Å². The van der Waals surface area contributed by atoms with Gasteiger partial charge < -0.3 is 10.2 Å². The molecule has 0 aromatic heterocycles. The zero-order valence-electron chi connectivity index (χ0n) is 8.66. The van der Waals surface area contributed by atoms with Gasteiger partial charge in [-0.05, 0) is 26.3 Å². The molecule has 3 nitrogen and oxygen atoms in total. The second kappa shape index (κ2) is 4.99. The number of carbonyl (C=O) groups is 1. The van der Waals surface area contributed by atoms with Crippen LogP contribution in [0.5, 0.6) is 0 Å². The van der Waals surface area contributed by atoms with Crippen molar-refractivity contribution in [1.82, 2.24) is 10.2 Å². The average molecular weight is 219 g/mol. The molecule has 1 saturated carbocycles. The van der Waals surface area contributed by atoms with Crippen molar-refractivity contribution in [3.63, 3.8) is 0 Å². The van der Waals surface area contributed by atoms with Crippen molar-refractivity contribution in [2.75, 3.05) is 20.1 Å². The predicted octanol–water partition coefficient (Wildman–Crippen LogP) is 1.03. The van der Waals surface area contributed by atoms with Crippen LogP contribution in [0.4, 0.5) is 0 Å². The highest BCUT2D eigenvalue weighted by molar-refractivity contribution is 5.85. The lowest BCUT2D eigenvalue weighted by Crippen LogP contribution is -2.39. The number of hydrogen-bond donors (Lipinski definition) is 1. The molecule has 1 aliphatic carbocycles. The third-order valence-corrected chi connectivity index (χ3v) is 3.36. The van der Waals surface area contributed by atoms with Crippen molar-refractivity contribution < 1.29 is 4.79 Å². The standard InChI is InChI=1S/C10H18N2O.ClH/c1-11-9-5-6-12(7-9)10(13)8-3-2-4-8;/h8-9,11H,2-7H2,1H3;1H. The topological polar surface area (TPSA) is 32.3 Å². The summed E-state index contributed by atoms with van der Waals surface area (Å²) in [5.74, 6) is 0.777. The molecule has 0 aromatic carbocycles. The van der Waals surface area contributed by atoms with Gasteiger partial charge in [-0.25, -0.2) is 0 Å². The minimum atomic E-state index is 0. The first-order valence-electron chi connectivity index (χ1n) is 5.27. The van der Waals surface area contributed by atoms with Crippen molar-refractivity contribution in [2.45, 2.75) is 31.7 Å². The molecule has 0 bridgehead atoms. The molecule has 2 rings (SSSR count). The monoisotopic (exact) mass is 218 g/mol. The first-order chi connectivity index (χ1) is 6.31. The van der Waals surface area contributed by atoms with E-state index in [9.17, 15) is 4.79 Å². The van der Waals surface area contributed by atoms with Gasteiger partial charge in [0.1, 0.15) is 0 Å². The summed E-state index contributed by atoms with van der Waals surface area (Å²) >= 11 is 0. The molecule has 0 spiro atoms. The fraction of sp³-hybridized carbons (Fsp3) is 0.900. The highest BCUT2D eigenvalue weighted by atomic mass is 35.5. The third-order valence-electron chi connectivity index (χ3n) is 3.36. The lowest BCUT2D eigenvalue weighted by atomic mass is 9.84. The molecule has 4 heteroatoms. The van der Waals surface area contributed by atoms with Crippen LogP contribution in [0.15, 0.2) is 0 Å². The Labute approximate surface area is 91.6 Å². The number of rotatable bonds is 2. The maximum Gasteiger partial charge on any atom is 0.225 e. The maximum atomic E-state index is 11.8. The molecule has 1 aliphatic heterocycles. The Morgan fingerprint density at radius 2 is 2.07 bits per heavy atom. The highest BCUT2D eigenvalue weighted by Crippen LogP contribution is 2.29. The van der Waals surface area contributed by atoms with E-state index in [1.54, 1.807) is 0 Å². The van der Waals surface area contributed by atoms with E-state index in [0.717, 1.165) is 32.4 Å². The predicted molar refractivity (Wildman–Crippen MR) is 58.6 cm³/mol. The summed E-state index contributed by atoms with van der Waals surface area (Å²) in [5, 5.41) is 3.23. The van der Waals surface area contributed by atoms with Gasteiger partial charge in [-0.2, -0.15) is 0 Å². The molecule has 2 fully saturated rings. The SMILES string of the molecule is CNC1CCN(C(=O)C2CCC2)C1.Cl. The maximum absolute atomic E-state index is 11.8. The minimum absolute atomic E-state index is 0. The number of nitrogens with zero attached hydrogens (tertiary/aromatic N) is 1. The molecule has 1 unspecified atom stereocenters. The summed E-state index contributed by atoms with van der Waals surface area (Å²) in [4.78, 5) is 13.8. The Kier molecular flexibility index (Phi) is 4.20. The van der Waals surface area contributed by atoms with E-state index in [0.29, 0.717) is 17.9 Å². The Morgan fingerprint density at radius 1 is 1.36 bits per heavy atom. The van der Waals surface area contributed by atoms with Gasteiger partial charge in [-0.3, -0.25) is 4.79 Å². The number of hydrogen-bond acceptors (Lipinski definition) is 2. The number of likely N-dealkylation sites (N-methyl/N-ethyl adjacent to an activating group) is 1. The van der Waals surface area contributed by atoms with E-state index in [1.807, 2.05) is 11.9 Å². The van der Waals surface area contributed by atoms with E-state index in [2.05, 4.69) is 5.32 Å². The van der Waals surface area contributed by atoms with E-state index < -0.39 is 0 Å². The minimum Gasteiger partial charge on any atom is -0.341 e. The molecular formula is C10H19ClN2O. The van der Waals surface area contributed by atoms with Gasteiger partial charge >= 0.3 is 0 Å². The Hall–Kier alpha value is -0.280. The quantitative estimate of drug-likeness (QED) is 0.751. The molecule has 1 saturated heterocycles. The number of nitrogens with one attached hydrogen (secondary N) is 1. The highest BCUT2D eigenvalue weighted by Gasteiger charge is 2.32. The van der Waals surface area contributed by atoms with Crippen molar-refractivity contribution in [3.05, 3.63) is 0 Å². The Morgan fingerprint density at radius 3 is 2.50 bits per heavy atom. The van der Waals surface area contributed by atoms with Gasteiger partial charge in [0.2, 0.25) is 5.91 Å². The van der Waals surface area contributed by atoms with Crippen LogP contribution >= 0.6 is 12.4 Å². The summed E-state index contributed by atoms with van der Waals surface area (Å²) in [6.07, 6.45) is 4.62. The largest absolute Gasteiger partial charge is 0.341 e. The van der Waals surface area contributed by atoms with Crippen LogP contribution in [0.25, 0.3) is 0 Å². The number of amides is 1. The average Bonchev–Trinajstić information content (AvgIpc) is 2.48. The molecule has 14 heavy (non-hydrogen) atoms. The lowest BCUT2D eigenvalue weighted by Gasteiger charge is -2.29. The molecule has 0 aromatic rings. The van der Waals surface area contributed by atoms with Gasteiger partial charge in [0.25, 0.3) is 0 Å². The van der Waals surface area contributed by atoms with Crippen LogP contribution < -0.4 is 5.32 Å². The summed E-state index contributed by atoms with van der Waals surface area (Å²) in [6, 6.07) is 0.532. The smallest absolute Gasteiger partial charge is 0.225 e. The van der Waals surface area contributed by atoms with E-state index in [4.69, 9.17) is 0 Å². The zero-order valence-corrected chi connectivity index (χ0v) is 9.48. The van der Waals surface area contributed by atoms with E-state index in [-0.39, 0.29) is 12.4 Å². The summed E-state index contributed by atoms with van der Waals surface area (Å²) in [7, 11) is 1.97. The Balaban J connectivity index is 0.000000980. The van der Waals surface area contributed by atoms with Gasteiger partial charge in [0.15, 0.2) is 0 Å². The molecular weight excluding hydrogens is 200 g/mol. The van der Waals surface area contributed by atoms with Crippen molar-refractivity contribution in [3.8, 4) is 0 Å². The van der Waals surface area contributed by atoms with Gasteiger partial charge in [-0.15, -0.1) is 12.4 Å². The molecule has 2 aliphatic rings. The number of carbonyl (C=O) groups excluding carboxylic acids is 1. The van der Waals surface area contributed by atoms with Crippen LogP contribution in [-0.4, -0.2) is 37.0 Å². The van der Waals surface area contributed by atoms with Gasteiger partial charge in [0.05, 0.1) is 0 Å². The summed E-state index contributed by atoms with van der Waals surface area (Å²) < 4.78 is 0. The van der Waals surface area contributed by atoms with E-state index >= 15 is 0 Å². The second-order valence-corrected chi connectivity index (χ2v) is 4.19. The molecule has 82 valence electrons. The molecule has 0 radical (unpaired) electrons. The Bertz CT molecular complexity index is 206. The molecule has 1 atom stereocenters. The van der Waals surface area contributed by atoms with Crippen LogP contribution in [0.3, 0.4) is 0 Å².